The first-order valence-electron chi connectivity index (χ1n) is 5.42. The molecule has 0 atom stereocenters. The van der Waals surface area contributed by atoms with Gasteiger partial charge in [0.05, 0.1) is 5.69 Å². The lowest BCUT2D eigenvalue weighted by Crippen LogP contribution is -1.94. The highest BCUT2D eigenvalue weighted by molar-refractivity contribution is 7.15. The summed E-state index contributed by atoms with van der Waals surface area (Å²) in [6.07, 6.45) is 0. The van der Waals surface area contributed by atoms with Crippen molar-refractivity contribution < 1.29 is 24.1 Å². The first-order valence-corrected chi connectivity index (χ1v) is 6.23. The zero-order valence-electron chi connectivity index (χ0n) is 9.87. The molecule has 98 valence electrons. The maximum atomic E-state index is 10.9. The van der Waals surface area contributed by atoms with Gasteiger partial charge in [0.1, 0.15) is 10.6 Å². The van der Waals surface area contributed by atoms with Crippen LogP contribution in [-0.4, -0.2) is 22.9 Å². The topological polar surface area (TPSA) is 77.9 Å². The summed E-state index contributed by atoms with van der Waals surface area (Å²) in [5.41, 5.74) is 0.438. The van der Waals surface area contributed by atoms with E-state index in [1.807, 2.05) is 0 Å². The summed E-state index contributed by atoms with van der Waals surface area (Å²) in [5.74, 6) is 0.781. The summed E-state index contributed by atoms with van der Waals surface area (Å²) in [6.45, 7) is 1.82. The van der Waals surface area contributed by atoms with Gasteiger partial charge in [-0.1, -0.05) is 11.3 Å². The molecule has 2 heterocycles. The minimum absolute atomic E-state index is 0.177. The van der Waals surface area contributed by atoms with E-state index < -0.39 is 5.97 Å². The fourth-order valence-electron chi connectivity index (χ4n) is 1.65. The van der Waals surface area contributed by atoms with Crippen molar-refractivity contribution in [2.45, 2.75) is 6.92 Å². The lowest BCUT2D eigenvalue weighted by atomic mass is 10.3. The Labute approximate surface area is 112 Å². The number of thiazole rings is 1. The molecule has 0 spiro atoms. The van der Waals surface area contributed by atoms with Crippen molar-refractivity contribution in [1.29, 1.82) is 0 Å². The van der Waals surface area contributed by atoms with Crippen molar-refractivity contribution in [3.63, 3.8) is 0 Å². The van der Waals surface area contributed by atoms with Gasteiger partial charge in [0, 0.05) is 6.07 Å². The van der Waals surface area contributed by atoms with Crippen LogP contribution in [0.25, 0.3) is 0 Å². The van der Waals surface area contributed by atoms with Gasteiger partial charge in [-0.3, -0.25) is 0 Å². The molecule has 0 bridgehead atoms. The summed E-state index contributed by atoms with van der Waals surface area (Å²) in [5, 5.41) is 9.24. The van der Waals surface area contributed by atoms with E-state index in [-0.39, 0.29) is 16.9 Å². The number of rotatable bonds is 3. The zero-order valence-corrected chi connectivity index (χ0v) is 10.7. The minimum Gasteiger partial charge on any atom is -0.477 e. The van der Waals surface area contributed by atoms with Crippen LogP contribution in [-0.2, 0) is 0 Å². The Hall–Kier alpha value is -2.28. The smallest absolute Gasteiger partial charge is 0.347 e. The van der Waals surface area contributed by atoms with E-state index in [1.165, 1.54) is 0 Å². The van der Waals surface area contributed by atoms with Gasteiger partial charge in [0.25, 0.3) is 5.19 Å². The van der Waals surface area contributed by atoms with E-state index in [0.717, 1.165) is 11.3 Å². The molecular weight excluding hydrogens is 270 g/mol. The molecule has 0 aliphatic carbocycles. The average molecular weight is 279 g/mol. The van der Waals surface area contributed by atoms with Crippen LogP contribution in [0, 0.1) is 6.92 Å². The van der Waals surface area contributed by atoms with Crippen molar-refractivity contribution in [3.8, 4) is 22.4 Å². The molecule has 1 aliphatic rings. The average Bonchev–Trinajstić information content (AvgIpc) is 2.95. The molecule has 2 aromatic rings. The molecule has 0 amide bonds. The van der Waals surface area contributed by atoms with Crippen LogP contribution in [0.15, 0.2) is 18.2 Å². The van der Waals surface area contributed by atoms with E-state index in [0.29, 0.717) is 22.9 Å². The highest BCUT2D eigenvalue weighted by Crippen LogP contribution is 2.37. The number of ether oxygens (including phenoxy) is 3. The number of nitrogens with zero attached hydrogens (tertiary/aromatic N) is 1. The highest BCUT2D eigenvalue weighted by Gasteiger charge is 2.17. The monoisotopic (exact) mass is 279 g/mol. The van der Waals surface area contributed by atoms with Gasteiger partial charge in [-0.05, 0) is 19.1 Å². The molecule has 6 nitrogen and oxygen atoms in total. The minimum atomic E-state index is -1.00. The second-order valence-electron chi connectivity index (χ2n) is 3.82. The molecule has 1 aliphatic heterocycles. The lowest BCUT2D eigenvalue weighted by molar-refractivity contribution is 0.0701. The maximum Gasteiger partial charge on any atom is 0.347 e. The number of hydrogen-bond donors (Lipinski definition) is 1. The summed E-state index contributed by atoms with van der Waals surface area (Å²) < 4.78 is 15.9. The van der Waals surface area contributed by atoms with Gasteiger partial charge in [-0.2, -0.15) is 0 Å². The zero-order chi connectivity index (χ0) is 13.4. The predicted octanol–water partition coefficient (Wildman–Crippen LogP) is 2.67. The molecule has 1 aromatic heterocycles. The molecule has 1 N–H and O–H groups in total. The molecule has 0 saturated carbocycles. The SMILES string of the molecule is Cc1nc(Oc2ccc3c(c2)OCO3)sc1C(=O)O. The van der Waals surface area contributed by atoms with Crippen molar-refractivity contribution >= 4 is 17.3 Å². The van der Waals surface area contributed by atoms with Gasteiger partial charge in [-0.15, -0.1) is 0 Å². The number of carboxylic acids is 1. The number of fused-ring (bicyclic) bond motifs is 1. The molecule has 0 radical (unpaired) electrons. The molecule has 1 aromatic carbocycles. The molecule has 3 rings (SSSR count). The molecule has 0 saturated heterocycles. The van der Waals surface area contributed by atoms with Crippen LogP contribution in [0.4, 0.5) is 0 Å². The van der Waals surface area contributed by atoms with Gasteiger partial charge >= 0.3 is 5.97 Å². The summed E-state index contributed by atoms with van der Waals surface area (Å²) in [7, 11) is 0. The number of carbonyl (C=O) groups is 1. The summed E-state index contributed by atoms with van der Waals surface area (Å²) in [6, 6.07) is 5.13. The standard InChI is InChI=1S/C12H9NO5S/c1-6-10(11(14)15)19-12(13-6)18-7-2-3-8-9(4-7)17-5-16-8/h2-4H,5H2,1H3,(H,14,15). The number of carboxylic acid groups (broad SMARTS) is 1. The van der Waals surface area contributed by atoms with Gasteiger partial charge < -0.3 is 19.3 Å². The Balaban J connectivity index is 1.85. The Morgan fingerprint density at radius 3 is 2.95 bits per heavy atom. The number of benzene rings is 1. The summed E-state index contributed by atoms with van der Waals surface area (Å²) >= 11 is 0.991. The maximum absolute atomic E-state index is 10.9. The third-order valence-corrected chi connectivity index (χ3v) is 3.54. The van der Waals surface area contributed by atoms with Crippen molar-refractivity contribution in [2.24, 2.45) is 0 Å². The van der Waals surface area contributed by atoms with Crippen LogP contribution in [0.1, 0.15) is 15.4 Å². The number of hydrogen-bond acceptors (Lipinski definition) is 6. The first kappa shape index (κ1) is 11.8. The Bertz CT molecular complexity index is 652. The lowest BCUT2D eigenvalue weighted by Gasteiger charge is -2.02. The summed E-state index contributed by atoms with van der Waals surface area (Å²) in [4.78, 5) is 15.2. The predicted molar refractivity (Wildman–Crippen MR) is 66.4 cm³/mol. The van der Waals surface area contributed by atoms with Gasteiger partial charge in [0.15, 0.2) is 11.5 Å². The van der Waals surface area contributed by atoms with E-state index in [4.69, 9.17) is 19.3 Å². The Morgan fingerprint density at radius 2 is 2.21 bits per heavy atom. The van der Waals surface area contributed by atoms with Crippen LogP contribution >= 0.6 is 11.3 Å². The Kier molecular flexibility index (Phi) is 2.75. The quantitative estimate of drug-likeness (QED) is 0.930. The largest absolute Gasteiger partial charge is 0.477 e. The van der Waals surface area contributed by atoms with Crippen molar-refractivity contribution in [2.75, 3.05) is 6.79 Å². The fourth-order valence-corrected chi connectivity index (χ4v) is 2.43. The number of aryl methyl sites for hydroxylation is 1. The van der Waals surface area contributed by atoms with Crippen LogP contribution in [0.3, 0.4) is 0 Å². The third-order valence-electron chi connectivity index (χ3n) is 2.52. The second kappa shape index (κ2) is 4.43. The second-order valence-corrected chi connectivity index (χ2v) is 4.78. The van der Waals surface area contributed by atoms with Gasteiger partial charge in [-0.25, -0.2) is 9.78 Å². The van der Waals surface area contributed by atoms with Crippen LogP contribution < -0.4 is 14.2 Å². The first-order chi connectivity index (χ1) is 9.13. The van der Waals surface area contributed by atoms with Gasteiger partial charge in [0.2, 0.25) is 6.79 Å². The highest BCUT2D eigenvalue weighted by atomic mass is 32.1. The Morgan fingerprint density at radius 1 is 1.42 bits per heavy atom. The van der Waals surface area contributed by atoms with E-state index in [2.05, 4.69) is 4.98 Å². The fraction of sp³-hybridized carbons (Fsp3) is 0.167. The molecule has 19 heavy (non-hydrogen) atoms. The van der Waals surface area contributed by atoms with E-state index >= 15 is 0 Å². The molecule has 0 fully saturated rings. The molecular formula is C12H9NO5S. The molecule has 7 heteroatoms. The third kappa shape index (κ3) is 2.19. The molecule has 0 unspecified atom stereocenters. The van der Waals surface area contributed by atoms with E-state index in [1.54, 1.807) is 25.1 Å². The van der Waals surface area contributed by atoms with E-state index in [9.17, 15) is 4.79 Å². The number of aromatic carboxylic acids is 1. The van der Waals surface area contributed by atoms with Crippen molar-refractivity contribution in [1.82, 2.24) is 4.98 Å². The van der Waals surface area contributed by atoms with Crippen LogP contribution in [0.2, 0.25) is 0 Å². The normalized spacial score (nSPS) is 12.5. The van der Waals surface area contributed by atoms with Crippen molar-refractivity contribution in [3.05, 3.63) is 28.8 Å². The van der Waals surface area contributed by atoms with Crippen LogP contribution in [0.5, 0.6) is 22.4 Å². The number of aromatic nitrogens is 1.